The van der Waals surface area contributed by atoms with Crippen molar-refractivity contribution in [3.05, 3.63) is 67.6 Å². The van der Waals surface area contributed by atoms with E-state index in [0.717, 1.165) is 54.4 Å². The van der Waals surface area contributed by atoms with Gasteiger partial charge in [0.05, 0.1) is 0 Å². The normalized spacial score (nSPS) is 15.2. The fourth-order valence-electron chi connectivity index (χ4n) is 6.96. The van der Waals surface area contributed by atoms with E-state index < -0.39 is 0 Å². The van der Waals surface area contributed by atoms with E-state index in [2.05, 4.69) is 31.9 Å². The number of fused-ring (bicyclic) bond motifs is 2. The lowest BCUT2D eigenvalue weighted by Crippen LogP contribution is -2.41. The van der Waals surface area contributed by atoms with Crippen LogP contribution < -0.4 is 0 Å². The topological polar surface area (TPSA) is 81.2 Å². The van der Waals surface area contributed by atoms with Crippen molar-refractivity contribution in [1.82, 2.24) is 19.6 Å². The van der Waals surface area contributed by atoms with Crippen LogP contribution in [0.5, 0.6) is 0 Å². The summed E-state index contributed by atoms with van der Waals surface area (Å²) in [6.07, 6.45) is 1.36. The number of hydrogen-bond acceptors (Lipinski definition) is 6. The molecule has 0 radical (unpaired) electrons. The van der Waals surface area contributed by atoms with Gasteiger partial charge in [-0.3, -0.25) is 29.0 Å². The Morgan fingerprint density at radius 2 is 0.886 bits per heavy atom. The molecule has 2 heterocycles. The summed E-state index contributed by atoms with van der Waals surface area (Å²) in [5, 5.41) is 6.30. The number of amides is 4. The third-order valence-electron chi connectivity index (χ3n) is 8.88. The molecular weight excluding hydrogens is 688 g/mol. The maximum absolute atomic E-state index is 13.8. The summed E-state index contributed by atoms with van der Waals surface area (Å²) in [5.74, 6) is -1.18. The van der Waals surface area contributed by atoms with E-state index in [4.69, 9.17) is 0 Å². The highest BCUT2D eigenvalue weighted by Gasteiger charge is 2.37. The predicted molar refractivity (Wildman–Crippen MR) is 180 cm³/mol. The number of nitrogens with zero attached hydrogens (tertiary/aromatic N) is 4. The monoisotopic (exact) mass is 716 g/mol. The Bertz CT molecular complexity index is 1960. The molecular formula is C34H30Br2N4O4. The van der Waals surface area contributed by atoms with Gasteiger partial charge in [-0.2, -0.15) is 0 Å². The van der Waals surface area contributed by atoms with Gasteiger partial charge in [0.25, 0.3) is 23.6 Å². The Morgan fingerprint density at radius 3 is 1.25 bits per heavy atom. The van der Waals surface area contributed by atoms with Gasteiger partial charge in [-0.15, -0.1) is 0 Å². The first-order chi connectivity index (χ1) is 21.0. The van der Waals surface area contributed by atoms with E-state index >= 15 is 0 Å². The van der Waals surface area contributed by atoms with Crippen molar-refractivity contribution in [3.8, 4) is 0 Å². The first kappa shape index (κ1) is 29.3. The largest absolute Gasteiger partial charge is 0.309 e. The standard InChI is InChI=1S/C34H30Br2N4O4/c1-37(2)11-5-13-39-31(41)19-9-7-17-28-24(36)16-22-26-20(32(42)40(34(22)44)14-6-12-38(3)4)10-8-18(30(26)28)27-23(35)15-21(33(39)43)25(19)29(17)27/h7-10,15-16H,5-6,11-14H2,1-4H3. The van der Waals surface area contributed by atoms with Crippen molar-refractivity contribution in [1.29, 1.82) is 0 Å². The van der Waals surface area contributed by atoms with Gasteiger partial charge in [-0.1, -0.05) is 44.0 Å². The van der Waals surface area contributed by atoms with Gasteiger partial charge in [0.1, 0.15) is 0 Å². The Balaban J connectivity index is 1.48. The van der Waals surface area contributed by atoms with Gasteiger partial charge in [0.2, 0.25) is 0 Å². The van der Waals surface area contributed by atoms with Crippen molar-refractivity contribution in [2.24, 2.45) is 0 Å². The molecule has 0 atom stereocenters. The molecule has 0 spiro atoms. The van der Waals surface area contributed by atoms with E-state index in [1.54, 1.807) is 0 Å². The van der Waals surface area contributed by atoms with Crippen LogP contribution in [0, 0.1) is 0 Å². The molecule has 0 aliphatic carbocycles. The summed E-state index contributed by atoms with van der Waals surface area (Å²) in [5.41, 5.74) is 1.98. The smallest absolute Gasteiger partial charge is 0.261 e. The van der Waals surface area contributed by atoms with Crippen LogP contribution in [0.1, 0.15) is 54.3 Å². The zero-order valence-corrected chi connectivity index (χ0v) is 28.1. The minimum absolute atomic E-state index is 0.290. The molecule has 2 aliphatic heterocycles. The quantitative estimate of drug-likeness (QED) is 0.106. The van der Waals surface area contributed by atoms with Crippen molar-refractivity contribution in [2.75, 3.05) is 54.4 Å². The number of carbonyl (C=O) groups excluding carboxylic acids is 4. The third kappa shape index (κ3) is 4.14. The van der Waals surface area contributed by atoms with E-state index in [-0.39, 0.29) is 23.6 Å². The van der Waals surface area contributed by atoms with Gasteiger partial charge in [0.15, 0.2) is 0 Å². The number of rotatable bonds is 8. The van der Waals surface area contributed by atoms with E-state index in [1.165, 1.54) is 9.80 Å². The Labute approximate surface area is 271 Å². The molecule has 10 heteroatoms. The first-order valence-corrected chi connectivity index (χ1v) is 16.2. The van der Waals surface area contributed by atoms with Crippen LogP contribution >= 0.6 is 31.9 Å². The Hall–Kier alpha value is -3.44. The minimum atomic E-state index is -0.300. The molecule has 5 aromatic rings. The van der Waals surface area contributed by atoms with Crippen LogP contribution in [0.15, 0.2) is 45.3 Å². The fraction of sp³-hybridized carbons (Fsp3) is 0.294. The maximum Gasteiger partial charge on any atom is 0.261 e. The molecule has 8 nitrogen and oxygen atoms in total. The van der Waals surface area contributed by atoms with Gasteiger partial charge < -0.3 is 9.80 Å². The number of carbonyl (C=O) groups is 4. The zero-order chi connectivity index (χ0) is 31.2. The van der Waals surface area contributed by atoms with Gasteiger partial charge >= 0.3 is 0 Å². The molecule has 44 heavy (non-hydrogen) atoms. The van der Waals surface area contributed by atoms with Gasteiger partial charge in [0, 0.05) is 76.6 Å². The number of benzene rings is 5. The van der Waals surface area contributed by atoms with Crippen LogP contribution in [-0.2, 0) is 0 Å². The maximum atomic E-state index is 13.8. The van der Waals surface area contributed by atoms with Crippen LogP contribution in [-0.4, -0.2) is 97.6 Å². The Kier molecular flexibility index (Phi) is 7.04. The van der Waals surface area contributed by atoms with Crippen molar-refractivity contribution >= 4 is 98.6 Å². The highest BCUT2D eigenvalue weighted by atomic mass is 79.9. The van der Waals surface area contributed by atoms with Crippen molar-refractivity contribution in [2.45, 2.75) is 12.8 Å². The molecule has 0 saturated heterocycles. The third-order valence-corrected chi connectivity index (χ3v) is 10.1. The molecule has 0 bridgehead atoms. The van der Waals surface area contributed by atoms with E-state index in [1.807, 2.05) is 74.4 Å². The summed E-state index contributed by atoms with van der Waals surface area (Å²) in [6, 6.07) is 11.1. The molecule has 0 N–H and O–H groups in total. The van der Waals surface area contributed by atoms with Gasteiger partial charge in [-0.05, 0) is 89.2 Å². The van der Waals surface area contributed by atoms with Crippen LogP contribution in [0.2, 0.25) is 0 Å². The number of halogens is 2. The number of hydrogen-bond donors (Lipinski definition) is 0. The fourth-order valence-corrected chi connectivity index (χ4v) is 8.25. The summed E-state index contributed by atoms with van der Waals surface area (Å²) < 4.78 is 1.44. The molecule has 2 aliphatic rings. The molecule has 0 aromatic heterocycles. The zero-order valence-electron chi connectivity index (χ0n) is 24.9. The second kappa shape index (κ2) is 10.6. The molecule has 0 fully saturated rings. The van der Waals surface area contributed by atoms with Gasteiger partial charge in [-0.25, -0.2) is 0 Å². The summed E-state index contributed by atoms with van der Waals surface area (Å²) >= 11 is 7.55. The average Bonchev–Trinajstić information content (AvgIpc) is 2.97. The SMILES string of the molecule is CN(C)CCCN1C(=O)c2ccc3c4c(Br)cc5c6c(ccc(c7c(Br)cc(c2c37)C1=O)c64)C(=O)N(CCCN(C)C)C5=O. The molecule has 5 aromatic carbocycles. The second-order valence-electron chi connectivity index (χ2n) is 12.2. The Morgan fingerprint density at radius 1 is 0.523 bits per heavy atom. The molecule has 0 unspecified atom stereocenters. The van der Waals surface area contributed by atoms with Crippen LogP contribution in [0.3, 0.4) is 0 Å². The van der Waals surface area contributed by atoms with Crippen molar-refractivity contribution in [3.63, 3.8) is 0 Å². The summed E-state index contributed by atoms with van der Waals surface area (Å²) in [4.78, 5) is 61.9. The molecule has 0 saturated carbocycles. The van der Waals surface area contributed by atoms with Crippen LogP contribution in [0.4, 0.5) is 0 Å². The molecule has 7 rings (SSSR count). The summed E-state index contributed by atoms with van der Waals surface area (Å²) in [6.45, 7) is 2.20. The first-order valence-electron chi connectivity index (χ1n) is 14.6. The minimum Gasteiger partial charge on any atom is -0.309 e. The number of imide groups is 2. The van der Waals surface area contributed by atoms with E-state index in [9.17, 15) is 19.2 Å². The average molecular weight is 718 g/mol. The lowest BCUT2D eigenvalue weighted by Gasteiger charge is -2.31. The molecule has 224 valence electrons. The highest BCUT2D eigenvalue weighted by molar-refractivity contribution is 9.11. The molecule has 4 amide bonds. The predicted octanol–water partition coefficient (Wildman–Crippen LogP) is 6.36. The van der Waals surface area contributed by atoms with Crippen molar-refractivity contribution < 1.29 is 19.2 Å². The lowest BCUT2D eigenvalue weighted by atomic mass is 9.82. The summed E-state index contributed by atoms with van der Waals surface area (Å²) in [7, 11) is 7.87. The second-order valence-corrected chi connectivity index (χ2v) is 13.9. The van der Waals surface area contributed by atoms with E-state index in [0.29, 0.717) is 59.0 Å². The lowest BCUT2D eigenvalue weighted by molar-refractivity contribution is 0.0590. The van der Waals surface area contributed by atoms with Crippen LogP contribution in [0.25, 0.3) is 43.1 Å². The highest BCUT2D eigenvalue weighted by Crippen LogP contribution is 2.50.